The van der Waals surface area contributed by atoms with Crippen LogP contribution < -0.4 is 5.32 Å². The van der Waals surface area contributed by atoms with Gasteiger partial charge in [0.05, 0.1) is 24.9 Å². The van der Waals surface area contributed by atoms with Crippen LogP contribution in [-0.2, 0) is 17.9 Å². The van der Waals surface area contributed by atoms with Crippen molar-refractivity contribution in [2.45, 2.75) is 76.5 Å². The number of nitrogens with one attached hydrogen (secondary N) is 1. The van der Waals surface area contributed by atoms with Gasteiger partial charge >= 0.3 is 0 Å². The number of carbonyl (C=O) groups is 2. The van der Waals surface area contributed by atoms with Gasteiger partial charge in [-0.15, -0.1) is 11.3 Å². The van der Waals surface area contributed by atoms with Gasteiger partial charge in [0.1, 0.15) is 11.2 Å². The zero-order valence-electron chi connectivity index (χ0n) is 17.9. The van der Waals surface area contributed by atoms with Crippen LogP contribution in [0.5, 0.6) is 0 Å². The molecule has 0 bridgehead atoms. The number of hydrogen-bond donors (Lipinski definition) is 1. The van der Waals surface area contributed by atoms with Gasteiger partial charge in [0.2, 0.25) is 5.91 Å². The molecule has 3 aromatic heterocycles. The van der Waals surface area contributed by atoms with Crippen molar-refractivity contribution < 1.29 is 14.0 Å². The largest absolute Gasteiger partial charge is 0.463 e. The maximum atomic E-state index is 13.7. The lowest BCUT2D eigenvalue weighted by molar-refractivity contribution is -0.134. The molecular weight excluding hydrogens is 410 g/mol. The minimum Gasteiger partial charge on any atom is -0.463 e. The van der Waals surface area contributed by atoms with Crippen LogP contribution in [0.3, 0.4) is 0 Å². The Morgan fingerprint density at radius 1 is 1.23 bits per heavy atom. The number of amides is 2. The summed E-state index contributed by atoms with van der Waals surface area (Å²) in [4.78, 5) is 30.2. The molecule has 6 nitrogen and oxygen atoms in total. The summed E-state index contributed by atoms with van der Waals surface area (Å²) in [5.41, 5.74) is 1.16. The van der Waals surface area contributed by atoms with E-state index < -0.39 is 5.54 Å². The van der Waals surface area contributed by atoms with E-state index in [0.29, 0.717) is 24.4 Å². The summed E-state index contributed by atoms with van der Waals surface area (Å²) in [6.45, 7) is 2.75. The fourth-order valence-electron chi connectivity index (χ4n) is 5.02. The van der Waals surface area contributed by atoms with Crippen molar-refractivity contribution in [2.24, 2.45) is 0 Å². The van der Waals surface area contributed by atoms with Gasteiger partial charge in [-0.3, -0.25) is 9.59 Å². The van der Waals surface area contributed by atoms with Crippen molar-refractivity contribution in [3.05, 3.63) is 46.5 Å². The first kappa shape index (κ1) is 20.4. The topological polar surface area (TPSA) is 67.5 Å². The summed E-state index contributed by atoms with van der Waals surface area (Å²) in [5.74, 6) is -0.180. The normalized spacial score (nSPS) is 22.9. The average molecular weight is 440 g/mol. The third-order valence-corrected chi connectivity index (χ3v) is 7.73. The molecule has 5 rings (SSSR count). The number of rotatable bonds is 4. The lowest BCUT2D eigenvalue weighted by Gasteiger charge is -2.44. The Morgan fingerprint density at radius 3 is 2.74 bits per heavy atom. The molecule has 1 fully saturated rings. The molecule has 164 valence electrons. The van der Waals surface area contributed by atoms with Crippen molar-refractivity contribution in [1.29, 1.82) is 0 Å². The number of aromatic nitrogens is 1. The predicted octanol–water partition coefficient (Wildman–Crippen LogP) is 4.94. The molecule has 1 N–H and O–H groups in total. The highest BCUT2D eigenvalue weighted by Crippen LogP contribution is 2.34. The number of fused-ring (bicyclic) bond motifs is 3. The molecule has 0 unspecified atom stereocenters. The summed E-state index contributed by atoms with van der Waals surface area (Å²) in [6.07, 6.45) is 9.72. The maximum Gasteiger partial charge on any atom is 0.271 e. The third-order valence-electron chi connectivity index (χ3n) is 6.87. The van der Waals surface area contributed by atoms with Crippen LogP contribution in [0.2, 0.25) is 0 Å². The van der Waals surface area contributed by atoms with Gasteiger partial charge < -0.3 is 19.2 Å². The highest BCUT2D eigenvalue weighted by molar-refractivity contribution is 7.09. The van der Waals surface area contributed by atoms with E-state index in [4.69, 9.17) is 4.42 Å². The molecule has 0 saturated heterocycles. The second-order valence-corrected chi connectivity index (χ2v) is 10.1. The molecule has 2 amide bonds. The quantitative estimate of drug-likeness (QED) is 0.626. The maximum absolute atomic E-state index is 13.7. The predicted molar refractivity (Wildman–Crippen MR) is 121 cm³/mol. The van der Waals surface area contributed by atoms with E-state index in [0.717, 1.165) is 36.1 Å². The van der Waals surface area contributed by atoms with Crippen molar-refractivity contribution in [3.8, 4) is 0 Å². The first-order chi connectivity index (χ1) is 15.1. The van der Waals surface area contributed by atoms with Crippen molar-refractivity contribution in [3.63, 3.8) is 0 Å². The summed E-state index contributed by atoms with van der Waals surface area (Å²) in [5, 5.41) is 5.33. The monoisotopic (exact) mass is 439 g/mol. The Morgan fingerprint density at radius 2 is 2.00 bits per heavy atom. The van der Waals surface area contributed by atoms with Crippen LogP contribution in [0.25, 0.3) is 11.1 Å². The number of carbonyl (C=O) groups excluding carboxylic acids is 2. The van der Waals surface area contributed by atoms with E-state index in [2.05, 4.69) is 5.32 Å². The molecule has 1 aliphatic heterocycles. The summed E-state index contributed by atoms with van der Waals surface area (Å²) < 4.78 is 7.49. The Kier molecular flexibility index (Phi) is 5.38. The third kappa shape index (κ3) is 3.69. The Balaban J connectivity index is 1.48. The van der Waals surface area contributed by atoms with E-state index in [9.17, 15) is 9.59 Å². The highest BCUT2D eigenvalue weighted by Gasteiger charge is 2.48. The fourth-order valence-corrected chi connectivity index (χ4v) is 5.71. The average Bonchev–Trinajstić information content (AvgIpc) is 3.46. The van der Waals surface area contributed by atoms with Gasteiger partial charge in [-0.2, -0.15) is 0 Å². The van der Waals surface area contributed by atoms with Gasteiger partial charge in [0.25, 0.3) is 5.91 Å². The summed E-state index contributed by atoms with van der Waals surface area (Å²) in [6, 6.07) is 7.85. The molecule has 4 heterocycles. The SMILES string of the molecule is C[C@@]1(C(=O)NC2CCCCCCC2)Cn2c(cc3occc32)C(=O)N1Cc1cccs1. The van der Waals surface area contributed by atoms with Crippen LogP contribution in [0, 0.1) is 0 Å². The molecule has 31 heavy (non-hydrogen) atoms. The van der Waals surface area contributed by atoms with Crippen LogP contribution in [0.15, 0.2) is 40.3 Å². The number of hydrogen-bond acceptors (Lipinski definition) is 4. The molecule has 1 saturated carbocycles. The number of nitrogens with zero attached hydrogens (tertiary/aromatic N) is 2. The highest BCUT2D eigenvalue weighted by atomic mass is 32.1. The number of furan rings is 1. The van der Waals surface area contributed by atoms with E-state index in [1.165, 1.54) is 19.3 Å². The minimum absolute atomic E-state index is 0.0565. The van der Waals surface area contributed by atoms with E-state index in [1.807, 2.05) is 35.1 Å². The van der Waals surface area contributed by atoms with Crippen molar-refractivity contribution in [1.82, 2.24) is 14.8 Å². The molecule has 0 aromatic carbocycles. The molecule has 1 aliphatic carbocycles. The van der Waals surface area contributed by atoms with Gasteiger partial charge in [-0.25, -0.2) is 0 Å². The van der Waals surface area contributed by atoms with Crippen LogP contribution in [0.1, 0.15) is 67.2 Å². The second-order valence-electron chi connectivity index (χ2n) is 9.05. The van der Waals surface area contributed by atoms with Gasteiger partial charge in [0, 0.05) is 23.1 Å². The van der Waals surface area contributed by atoms with E-state index in [-0.39, 0.29) is 17.9 Å². The molecule has 0 radical (unpaired) electrons. The zero-order valence-corrected chi connectivity index (χ0v) is 18.7. The molecule has 1 atom stereocenters. The van der Waals surface area contributed by atoms with Crippen LogP contribution in [-0.4, -0.2) is 32.9 Å². The molecular formula is C24H29N3O3S. The lowest BCUT2D eigenvalue weighted by Crippen LogP contribution is -2.64. The van der Waals surface area contributed by atoms with E-state index >= 15 is 0 Å². The lowest BCUT2D eigenvalue weighted by atomic mass is 9.92. The van der Waals surface area contributed by atoms with Crippen molar-refractivity contribution in [2.75, 3.05) is 0 Å². The first-order valence-electron chi connectivity index (χ1n) is 11.3. The molecule has 3 aromatic rings. The van der Waals surface area contributed by atoms with Crippen LogP contribution >= 0.6 is 11.3 Å². The summed E-state index contributed by atoms with van der Waals surface area (Å²) in [7, 11) is 0. The Bertz CT molecular complexity index is 1080. The summed E-state index contributed by atoms with van der Waals surface area (Å²) >= 11 is 1.61. The van der Waals surface area contributed by atoms with Gasteiger partial charge in [0.15, 0.2) is 5.58 Å². The molecule has 2 aliphatic rings. The smallest absolute Gasteiger partial charge is 0.271 e. The van der Waals surface area contributed by atoms with Crippen LogP contribution in [0.4, 0.5) is 0 Å². The fraction of sp³-hybridized carbons (Fsp3) is 0.500. The number of thiophene rings is 1. The Hall–Kier alpha value is -2.54. The minimum atomic E-state index is -0.973. The first-order valence-corrected chi connectivity index (χ1v) is 12.2. The standard InChI is InChI=1S/C24H29N3O3S/c1-24(23(29)25-17-8-5-3-2-4-6-9-17)16-26-19-11-12-30-21(19)14-20(26)22(28)27(24)15-18-10-7-13-31-18/h7,10-14,17H,2-6,8-9,15-16H2,1H3,(H,25,29)/t24-/m0/s1. The zero-order chi connectivity index (χ0) is 21.4. The Labute approximate surface area is 186 Å². The molecule has 7 heteroatoms. The second kappa shape index (κ2) is 8.19. The van der Waals surface area contributed by atoms with Gasteiger partial charge in [-0.05, 0) is 31.2 Å². The van der Waals surface area contributed by atoms with Gasteiger partial charge in [-0.1, -0.05) is 38.2 Å². The van der Waals surface area contributed by atoms with E-state index in [1.54, 1.807) is 28.6 Å². The molecule has 0 spiro atoms. The van der Waals surface area contributed by atoms with Crippen molar-refractivity contribution >= 4 is 34.3 Å².